The zero-order valence-corrected chi connectivity index (χ0v) is 24.5. The van der Waals surface area contributed by atoms with Crippen molar-refractivity contribution in [3.05, 3.63) is 29.3 Å². The predicted molar refractivity (Wildman–Crippen MR) is 152 cm³/mol. The molecule has 6 unspecified atom stereocenters. The van der Waals surface area contributed by atoms with E-state index in [2.05, 4.69) is 13.0 Å². The maximum Gasteiger partial charge on any atom is 0.389 e. The van der Waals surface area contributed by atoms with Crippen molar-refractivity contribution in [1.29, 1.82) is 0 Å². The number of hydrogen-bond acceptors (Lipinski definition) is 3. The Bertz CT molecular complexity index is 951. The third-order valence-corrected chi connectivity index (χ3v) is 11.9. The fourth-order valence-corrected chi connectivity index (χ4v) is 9.53. The second-order valence-corrected chi connectivity index (χ2v) is 14.7. The molecule has 1 aromatic rings. The minimum absolute atomic E-state index is 0.0561. The third kappa shape index (κ3) is 8.02. The van der Waals surface area contributed by atoms with Crippen molar-refractivity contribution in [3.8, 4) is 5.75 Å². The van der Waals surface area contributed by atoms with Crippen LogP contribution in [0, 0.1) is 23.2 Å². The van der Waals surface area contributed by atoms with Crippen LogP contribution < -0.4 is 0 Å². The van der Waals surface area contributed by atoms with E-state index in [9.17, 15) is 27.6 Å². The first-order valence-corrected chi connectivity index (χ1v) is 17.0. The van der Waals surface area contributed by atoms with Gasteiger partial charge < -0.3 is 10.2 Å². The molecule has 3 aliphatic carbocycles. The molecular formula is C32H49F3O3S. The summed E-state index contributed by atoms with van der Waals surface area (Å²) in [6.45, 7) is 2.33. The maximum atomic E-state index is 12.2. The molecule has 0 aliphatic heterocycles. The summed E-state index contributed by atoms with van der Waals surface area (Å²) in [5.41, 5.74) is 2.83. The van der Waals surface area contributed by atoms with Gasteiger partial charge in [0.25, 0.3) is 0 Å². The minimum atomic E-state index is -4.10. The number of phenols is 1. The molecule has 2 saturated carbocycles. The van der Waals surface area contributed by atoms with Crippen LogP contribution in [0.25, 0.3) is 0 Å². The lowest BCUT2D eigenvalue weighted by Gasteiger charge is -2.53. The molecule has 7 heteroatoms. The van der Waals surface area contributed by atoms with Gasteiger partial charge in [0.1, 0.15) is 5.75 Å². The molecule has 0 radical (unpaired) electrons. The van der Waals surface area contributed by atoms with E-state index in [1.807, 2.05) is 12.1 Å². The van der Waals surface area contributed by atoms with Gasteiger partial charge in [-0.15, -0.1) is 0 Å². The number of aromatic hydroxyl groups is 1. The Morgan fingerprint density at radius 2 is 1.62 bits per heavy atom. The van der Waals surface area contributed by atoms with Crippen LogP contribution in [-0.2, 0) is 17.2 Å². The maximum absolute atomic E-state index is 12.2. The van der Waals surface area contributed by atoms with Gasteiger partial charge in [-0.25, -0.2) is 0 Å². The standard InChI is InChI=1S/C32H49F3O3S/c1-31-18-16-27-26-13-12-25(36)22-24(26)21-23(30(27)28(31)14-15-29(31)37)11-7-5-3-2-4-6-9-19-39(38)20-10-8-17-32(33,34)35/h12-13,22-23,27-30,36-37H,2-11,14-21H2,1H3/t23-,27?,28?,29?,30?,31?,39?/m1/s1. The van der Waals surface area contributed by atoms with E-state index in [1.54, 1.807) is 0 Å². The van der Waals surface area contributed by atoms with Crippen LogP contribution in [-0.4, -0.2) is 38.2 Å². The fraction of sp³-hybridized carbons (Fsp3) is 0.812. The van der Waals surface area contributed by atoms with Gasteiger partial charge in [0.05, 0.1) is 6.10 Å². The summed E-state index contributed by atoms with van der Waals surface area (Å²) in [5, 5.41) is 21.0. The lowest BCUT2D eigenvalue weighted by atomic mass is 9.52. The van der Waals surface area contributed by atoms with E-state index >= 15 is 0 Å². The molecule has 222 valence electrons. The van der Waals surface area contributed by atoms with Crippen LogP contribution in [0.3, 0.4) is 0 Å². The summed E-state index contributed by atoms with van der Waals surface area (Å²) in [7, 11) is -0.988. The highest BCUT2D eigenvalue weighted by atomic mass is 32.2. The van der Waals surface area contributed by atoms with Crippen molar-refractivity contribution in [1.82, 2.24) is 0 Å². The molecule has 7 atom stereocenters. The first-order chi connectivity index (χ1) is 18.6. The van der Waals surface area contributed by atoms with Crippen molar-refractivity contribution in [2.45, 2.75) is 128 Å². The molecule has 2 fully saturated rings. The van der Waals surface area contributed by atoms with E-state index in [1.165, 1.54) is 43.2 Å². The smallest absolute Gasteiger partial charge is 0.389 e. The normalized spacial score (nSPS) is 30.9. The van der Waals surface area contributed by atoms with E-state index in [-0.39, 0.29) is 17.9 Å². The Morgan fingerprint density at radius 3 is 2.33 bits per heavy atom. The number of fused-ring (bicyclic) bond motifs is 5. The number of halogens is 3. The molecule has 0 amide bonds. The molecule has 39 heavy (non-hydrogen) atoms. The van der Waals surface area contributed by atoms with Crippen LogP contribution in [0.15, 0.2) is 18.2 Å². The van der Waals surface area contributed by atoms with Crippen LogP contribution in [0.2, 0.25) is 0 Å². The number of hydrogen-bond donors (Lipinski definition) is 2. The minimum Gasteiger partial charge on any atom is -0.508 e. The highest BCUT2D eigenvalue weighted by molar-refractivity contribution is 7.84. The highest BCUT2D eigenvalue weighted by Crippen LogP contribution is 2.62. The van der Waals surface area contributed by atoms with Gasteiger partial charge in [0.15, 0.2) is 0 Å². The fourth-order valence-electron chi connectivity index (χ4n) is 8.28. The lowest BCUT2D eigenvalue weighted by Crippen LogP contribution is -2.47. The number of aliphatic hydroxyl groups is 1. The SMILES string of the molecule is CC12CCC3c4ccc(O)cc4C[C@@H](CCCCCCCCCS(=O)CCCCC(F)(F)F)C3C1CCC2O. The van der Waals surface area contributed by atoms with E-state index in [4.69, 9.17) is 0 Å². The van der Waals surface area contributed by atoms with E-state index in [0.717, 1.165) is 51.4 Å². The second-order valence-electron chi connectivity index (χ2n) is 13.0. The third-order valence-electron chi connectivity index (χ3n) is 10.4. The molecule has 2 N–H and O–H groups in total. The van der Waals surface area contributed by atoms with Crippen molar-refractivity contribution < 1.29 is 27.6 Å². The van der Waals surface area contributed by atoms with Gasteiger partial charge in [-0.05, 0) is 110 Å². The molecule has 0 saturated heterocycles. The van der Waals surface area contributed by atoms with Crippen LogP contribution in [0.1, 0.15) is 120 Å². The molecule has 3 aliphatic rings. The average Bonchev–Trinajstić information content (AvgIpc) is 3.18. The van der Waals surface area contributed by atoms with Crippen LogP contribution in [0.4, 0.5) is 13.2 Å². The average molecular weight is 571 g/mol. The zero-order valence-electron chi connectivity index (χ0n) is 23.7. The van der Waals surface area contributed by atoms with Crippen molar-refractivity contribution in [2.75, 3.05) is 11.5 Å². The molecule has 0 aromatic heterocycles. The number of aliphatic hydroxyl groups excluding tert-OH is 1. The molecule has 0 heterocycles. The van der Waals surface area contributed by atoms with Gasteiger partial charge in [0.2, 0.25) is 0 Å². The summed E-state index contributed by atoms with van der Waals surface area (Å²) in [5.74, 6) is 3.77. The summed E-state index contributed by atoms with van der Waals surface area (Å²) >= 11 is 0. The summed E-state index contributed by atoms with van der Waals surface area (Å²) in [6.07, 6.45) is 9.89. The first-order valence-electron chi connectivity index (χ1n) is 15.5. The largest absolute Gasteiger partial charge is 0.508 e. The van der Waals surface area contributed by atoms with Gasteiger partial charge in [0, 0.05) is 28.7 Å². The number of phenolic OH excluding ortho intramolecular Hbond substituents is 1. The van der Waals surface area contributed by atoms with E-state index in [0.29, 0.717) is 47.3 Å². The molecule has 4 rings (SSSR count). The number of benzene rings is 1. The number of alkyl halides is 3. The Kier molecular flexibility index (Phi) is 10.9. The van der Waals surface area contributed by atoms with Crippen molar-refractivity contribution >= 4 is 10.8 Å². The predicted octanol–water partition coefficient (Wildman–Crippen LogP) is 8.44. The van der Waals surface area contributed by atoms with Crippen molar-refractivity contribution in [3.63, 3.8) is 0 Å². The highest BCUT2D eigenvalue weighted by Gasteiger charge is 2.56. The van der Waals surface area contributed by atoms with Crippen LogP contribution >= 0.6 is 0 Å². The van der Waals surface area contributed by atoms with Gasteiger partial charge in [-0.3, -0.25) is 4.21 Å². The number of rotatable bonds is 14. The Labute approximate surface area is 235 Å². The van der Waals surface area contributed by atoms with E-state index < -0.39 is 23.4 Å². The zero-order chi connectivity index (χ0) is 28.0. The Hall–Kier alpha value is -1.08. The molecular weight excluding hydrogens is 521 g/mol. The molecule has 1 aromatic carbocycles. The second kappa shape index (κ2) is 13.7. The number of unbranched alkanes of at least 4 members (excludes halogenated alkanes) is 7. The summed E-state index contributed by atoms with van der Waals surface area (Å²) in [4.78, 5) is 0. The molecule has 3 nitrogen and oxygen atoms in total. The molecule has 0 bridgehead atoms. The summed E-state index contributed by atoms with van der Waals surface area (Å²) < 4.78 is 48.6. The monoisotopic (exact) mass is 570 g/mol. The van der Waals surface area contributed by atoms with Gasteiger partial charge in [-0.2, -0.15) is 13.2 Å². The first kappa shape index (κ1) is 30.9. The van der Waals surface area contributed by atoms with Gasteiger partial charge in [-0.1, -0.05) is 51.5 Å². The summed E-state index contributed by atoms with van der Waals surface area (Å²) in [6, 6.07) is 6.01. The lowest BCUT2D eigenvalue weighted by molar-refractivity contribution is -0.135. The van der Waals surface area contributed by atoms with Gasteiger partial charge >= 0.3 is 6.18 Å². The quantitative estimate of drug-likeness (QED) is 0.221. The van der Waals surface area contributed by atoms with Crippen molar-refractivity contribution in [2.24, 2.45) is 23.2 Å². The van der Waals surface area contributed by atoms with Crippen LogP contribution in [0.5, 0.6) is 5.75 Å². The topological polar surface area (TPSA) is 57.5 Å². The molecule has 0 spiro atoms. The Balaban J connectivity index is 1.16. The Morgan fingerprint density at radius 1 is 0.949 bits per heavy atom.